The summed E-state index contributed by atoms with van der Waals surface area (Å²) >= 11 is 0. The molecule has 0 unspecified atom stereocenters. The Morgan fingerprint density at radius 1 is 1.38 bits per heavy atom. The molecule has 0 heterocycles. The molecule has 1 aromatic carbocycles. The number of halogens is 1. The van der Waals surface area contributed by atoms with Crippen molar-refractivity contribution >= 4 is 0 Å². The van der Waals surface area contributed by atoms with E-state index < -0.39 is 0 Å². The van der Waals surface area contributed by atoms with Gasteiger partial charge in [0.15, 0.2) is 0 Å². The van der Waals surface area contributed by atoms with Gasteiger partial charge in [-0.15, -0.1) is 0 Å². The topological polar surface area (TPSA) is 26.0 Å². The quantitative estimate of drug-likeness (QED) is 0.761. The monoisotopic (exact) mass is 181 g/mol. The van der Waals surface area contributed by atoms with Crippen molar-refractivity contribution in [2.45, 2.75) is 26.8 Å². The summed E-state index contributed by atoms with van der Waals surface area (Å²) in [6, 6.07) is 5.18. The Labute approximate surface area is 78.8 Å². The number of hydrogen-bond donors (Lipinski definition) is 1. The minimum atomic E-state index is -0.199. The van der Waals surface area contributed by atoms with Gasteiger partial charge in [-0.2, -0.15) is 0 Å². The fraction of sp³-hybridized carbons (Fsp3) is 0.455. The first-order valence-electron chi connectivity index (χ1n) is 4.61. The molecule has 0 amide bonds. The fourth-order valence-electron chi connectivity index (χ4n) is 1.38. The van der Waals surface area contributed by atoms with Gasteiger partial charge in [0, 0.05) is 12.1 Å². The number of nitrogens with two attached hydrogens (primary N) is 1. The van der Waals surface area contributed by atoms with Gasteiger partial charge < -0.3 is 5.73 Å². The fourth-order valence-corrected chi connectivity index (χ4v) is 1.38. The summed E-state index contributed by atoms with van der Waals surface area (Å²) in [5, 5.41) is 0. The summed E-state index contributed by atoms with van der Waals surface area (Å²) in [6.07, 6.45) is 0.979. The van der Waals surface area contributed by atoms with E-state index in [0.29, 0.717) is 11.5 Å². The minimum absolute atomic E-state index is 0.199. The van der Waals surface area contributed by atoms with Crippen LogP contribution in [0.25, 0.3) is 0 Å². The van der Waals surface area contributed by atoms with Crippen LogP contribution in [0.15, 0.2) is 18.2 Å². The maximum absolute atomic E-state index is 13.0. The zero-order valence-electron chi connectivity index (χ0n) is 8.18. The Morgan fingerprint density at radius 2 is 2.08 bits per heavy atom. The van der Waals surface area contributed by atoms with Crippen LogP contribution in [0.2, 0.25) is 0 Å². The Balaban J connectivity index is 2.86. The molecule has 0 aromatic heterocycles. The Hall–Kier alpha value is -0.890. The number of hydrogen-bond acceptors (Lipinski definition) is 1. The Morgan fingerprint density at radius 3 is 2.62 bits per heavy atom. The van der Waals surface area contributed by atoms with Gasteiger partial charge in [-0.1, -0.05) is 26.0 Å². The smallest absolute Gasteiger partial charge is 0.127 e. The lowest BCUT2D eigenvalue weighted by atomic mass is 10.0. The van der Waals surface area contributed by atoms with E-state index in [1.165, 1.54) is 6.07 Å². The molecule has 0 saturated carbocycles. The van der Waals surface area contributed by atoms with E-state index in [1.54, 1.807) is 0 Å². The summed E-state index contributed by atoms with van der Waals surface area (Å²) in [5.74, 6) is 0.395. The third-order valence-electron chi connectivity index (χ3n) is 1.97. The van der Waals surface area contributed by atoms with Gasteiger partial charge in [-0.05, 0) is 24.0 Å². The second-order valence-electron chi connectivity index (χ2n) is 3.73. The van der Waals surface area contributed by atoms with E-state index in [4.69, 9.17) is 5.73 Å². The molecule has 0 aliphatic carbocycles. The largest absolute Gasteiger partial charge is 0.326 e. The number of rotatable bonds is 3. The summed E-state index contributed by atoms with van der Waals surface area (Å²) in [5.41, 5.74) is 7.18. The van der Waals surface area contributed by atoms with E-state index in [2.05, 4.69) is 13.8 Å². The predicted octanol–water partition coefficient (Wildman–Crippen LogP) is 2.48. The second kappa shape index (κ2) is 4.38. The minimum Gasteiger partial charge on any atom is -0.326 e. The SMILES string of the molecule is CC(C)Cc1ccc(F)c(CN)c1. The molecule has 0 fully saturated rings. The van der Waals surface area contributed by atoms with Crippen LogP contribution in [0.4, 0.5) is 4.39 Å². The lowest BCUT2D eigenvalue weighted by molar-refractivity contribution is 0.604. The summed E-state index contributed by atoms with van der Waals surface area (Å²) in [4.78, 5) is 0. The molecule has 0 bridgehead atoms. The average Bonchev–Trinajstić information content (AvgIpc) is 2.07. The van der Waals surface area contributed by atoms with Crippen molar-refractivity contribution in [1.29, 1.82) is 0 Å². The van der Waals surface area contributed by atoms with Gasteiger partial charge in [0.2, 0.25) is 0 Å². The molecule has 0 saturated heterocycles. The lowest BCUT2D eigenvalue weighted by Crippen LogP contribution is -2.02. The number of benzene rings is 1. The van der Waals surface area contributed by atoms with Gasteiger partial charge in [0.25, 0.3) is 0 Å². The highest BCUT2D eigenvalue weighted by Crippen LogP contribution is 2.13. The molecular formula is C11H16FN. The Bertz CT molecular complexity index is 281. The first-order valence-corrected chi connectivity index (χ1v) is 4.61. The zero-order valence-corrected chi connectivity index (χ0v) is 8.18. The highest BCUT2D eigenvalue weighted by Gasteiger charge is 2.03. The molecule has 0 spiro atoms. The van der Waals surface area contributed by atoms with Gasteiger partial charge in [-0.3, -0.25) is 0 Å². The lowest BCUT2D eigenvalue weighted by Gasteiger charge is -2.07. The van der Waals surface area contributed by atoms with E-state index >= 15 is 0 Å². The molecule has 1 aromatic rings. The van der Waals surface area contributed by atoms with Gasteiger partial charge >= 0.3 is 0 Å². The van der Waals surface area contributed by atoms with Crippen LogP contribution in [0.1, 0.15) is 25.0 Å². The normalized spacial score (nSPS) is 10.8. The third kappa shape index (κ3) is 2.81. The molecule has 1 nitrogen and oxygen atoms in total. The van der Waals surface area contributed by atoms with Crippen LogP contribution >= 0.6 is 0 Å². The van der Waals surface area contributed by atoms with E-state index in [1.807, 2.05) is 12.1 Å². The summed E-state index contributed by atoms with van der Waals surface area (Å²) < 4.78 is 13.0. The molecular weight excluding hydrogens is 165 g/mol. The van der Waals surface area contributed by atoms with Crippen LogP contribution in [-0.2, 0) is 13.0 Å². The van der Waals surface area contributed by atoms with Crippen molar-refractivity contribution in [3.63, 3.8) is 0 Å². The maximum Gasteiger partial charge on any atom is 0.127 e. The predicted molar refractivity (Wildman–Crippen MR) is 52.8 cm³/mol. The summed E-state index contributed by atoms with van der Waals surface area (Å²) in [6.45, 7) is 4.56. The summed E-state index contributed by atoms with van der Waals surface area (Å²) in [7, 11) is 0. The average molecular weight is 181 g/mol. The third-order valence-corrected chi connectivity index (χ3v) is 1.97. The van der Waals surface area contributed by atoms with Gasteiger partial charge in [-0.25, -0.2) is 4.39 Å². The standard InChI is InChI=1S/C11H16FN/c1-8(2)5-9-3-4-11(12)10(6-9)7-13/h3-4,6,8H,5,7,13H2,1-2H3. The highest BCUT2D eigenvalue weighted by molar-refractivity contribution is 5.25. The van der Waals surface area contributed by atoms with Crippen molar-refractivity contribution < 1.29 is 4.39 Å². The molecule has 0 aliphatic heterocycles. The molecule has 0 radical (unpaired) electrons. The van der Waals surface area contributed by atoms with Crippen LogP contribution < -0.4 is 5.73 Å². The zero-order chi connectivity index (χ0) is 9.84. The Kier molecular flexibility index (Phi) is 3.43. The molecule has 2 heteroatoms. The first kappa shape index (κ1) is 10.2. The van der Waals surface area contributed by atoms with Gasteiger partial charge in [0.1, 0.15) is 5.82 Å². The van der Waals surface area contributed by atoms with E-state index in [-0.39, 0.29) is 12.4 Å². The molecule has 13 heavy (non-hydrogen) atoms. The molecule has 2 N–H and O–H groups in total. The van der Waals surface area contributed by atoms with Crippen molar-refractivity contribution in [2.75, 3.05) is 0 Å². The second-order valence-corrected chi connectivity index (χ2v) is 3.73. The van der Waals surface area contributed by atoms with E-state index in [9.17, 15) is 4.39 Å². The molecule has 0 atom stereocenters. The van der Waals surface area contributed by atoms with Crippen molar-refractivity contribution in [1.82, 2.24) is 0 Å². The van der Waals surface area contributed by atoms with Crippen LogP contribution in [0.5, 0.6) is 0 Å². The van der Waals surface area contributed by atoms with E-state index in [0.717, 1.165) is 12.0 Å². The molecule has 1 rings (SSSR count). The van der Waals surface area contributed by atoms with Crippen LogP contribution in [0, 0.1) is 11.7 Å². The van der Waals surface area contributed by atoms with Gasteiger partial charge in [0.05, 0.1) is 0 Å². The van der Waals surface area contributed by atoms with Crippen molar-refractivity contribution in [3.8, 4) is 0 Å². The van der Waals surface area contributed by atoms with Crippen LogP contribution in [-0.4, -0.2) is 0 Å². The molecule has 72 valence electrons. The molecule has 0 aliphatic rings. The first-order chi connectivity index (χ1) is 6.13. The van der Waals surface area contributed by atoms with Crippen LogP contribution in [0.3, 0.4) is 0 Å². The van der Waals surface area contributed by atoms with Crippen molar-refractivity contribution in [2.24, 2.45) is 11.7 Å². The highest BCUT2D eigenvalue weighted by atomic mass is 19.1. The maximum atomic E-state index is 13.0. The van der Waals surface area contributed by atoms with Crippen molar-refractivity contribution in [3.05, 3.63) is 35.1 Å².